The Hall–Kier alpha value is -3.19. The van der Waals surface area contributed by atoms with Gasteiger partial charge in [-0.1, -0.05) is 6.08 Å². The second kappa shape index (κ2) is 7.25. The Morgan fingerprint density at radius 3 is 2.83 bits per heavy atom. The van der Waals surface area contributed by atoms with Gasteiger partial charge in [0.25, 0.3) is 0 Å². The largest absolute Gasteiger partial charge is 0.371 e. The van der Waals surface area contributed by atoms with Gasteiger partial charge in [0.15, 0.2) is 0 Å². The van der Waals surface area contributed by atoms with Crippen molar-refractivity contribution in [1.29, 1.82) is 0 Å². The second-order valence-corrected chi connectivity index (χ2v) is 8.17. The Balaban J connectivity index is 1.44. The highest BCUT2D eigenvalue weighted by atomic mass is 15.1. The summed E-state index contributed by atoms with van der Waals surface area (Å²) in [4.78, 5) is 15.5. The van der Waals surface area contributed by atoms with Crippen LogP contribution in [0.3, 0.4) is 0 Å². The minimum absolute atomic E-state index is 0.851. The third kappa shape index (κ3) is 2.97. The molecule has 6 rings (SSSR count). The Kier molecular flexibility index (Phi) is 4.27. The zero-order valence-electron chi connectivity index (χ0n) is 16.9. The number of piperidine rings is 1. The number of rotatable bonds is 3. The van der Waals surface area contributed by atoms with Crippen LogP contribution in [0.5, 0.6) is 0 Å². The van der Waals surface area contributed by atoms with E-state index < -0.39 is 0 Å². The highest BCUT2D eigenvalue weighted by Gasteiger charge is 2.19. The minimum atomic E-state index is 0.851. The molecule has 7 heteroatoms. The van der Waals surface area contributed by atoms with Gasteiger partial charge in [0.2, 0.25) is 0 Å². The van der Waals surface area contributed by atoms with E-state index in [9.17, 15) is 0 Å². The number of fused-ring (bicyclic) bond motifs is 2. The standard InChI is InChI=1S/C23H25N7/c1-2-12-30(13-3-1)20-8-11-25-23-16(20)14-19(27-23)22-21-18(28-29-22)5-4-17(26-21)15-6-9-24-10-7-15/h4-6,8,11,14,24H,1-3,7,9-10,12-13H2,(H,25,27)(H,28,29). The summed E-state index contributed by atoms with van der Waals surface area (Å²) in [5.41, 5.74) is 8.16. The molecule has 4 aromatic rings. The average Bonchev–Trinajstić information content (AvgIpc) is 3.43. The summed E-state index contributed by atoms with van der Waals surface area (Å²) in [5, 5.41) is 12.3. The lowest BCUT2D eigenvalue weighted by molar-refractivity contribution is 0.579. The van der Waals surface area contributed by atoms with Crippen molar-refractivity contribution >= 4 is 33.3 Å². The zero-order chi connectivity index (χ0) is 19.9. The van der Waals surface area contributed by atoms with Gasteiger partial charge in [0, 0.05) is 36.9 Å². The fourth-order valence-electron chi connectivity index (χ4n) is 4.67. The molecule has 0 atom stereocenters. The summed E-state index contributed by atoms with van der Waals surface area (Å²) in [5.74, 6) is 0. The van der Waals surface area contributed by atoms with Crippen molar-refractivity contribution < 1.29 is 0 Å². The zero-order valence-corrected chi connectivity index (χ0v) is 16.9. The van der Waals surface area contributed by atoms with E-state index in [0.717, 1.165) is 71.7 Å². The summed E-state index contributed by atoms with van der Waals surface area (Å²) >= 11 is 0. The number of hydrogen-bond acceptors (Lipinski definition) is 5. The van der Waals surface area contributed by atoms with Crippen LogP contribution in [0.4, 0.5) is 5.69 Å². The first-order chi connectivity index (χ1) is 14.9. The van der Waals surface area contributed by atoms with Gasteiger partial charge in [-0.3, -0.25) is 5.10 Å². The van der Waals surface area contributed by atoms with Crippen LogP contribution < -0.4 is 10.2 Å². The van der Waals surface area contributed by atoms with Crippen LogP contribution in [-0.2, 0) is 0 Å². The first-order valence-corrected chi connectivity index (χ1v) is 10.8. The van der Waals surface area contributed by atoms with E-state index >= 15 is 0 Å². The van der Waals surface area contributed by atoms with E-state index in [2.05, 4.69) is 60.7 Å². The molecule has 3 N–H and O–H groups in total. The Morgan fingerprint density at radius 2 is 1.97 bits per heavy atom. The molecule has 1 saturated heterocycles. The van der Waals surface area contributed by atoms with Gasteiger partial charge in [-0.05, 0) is 62.1 Å². The normalized spacial score (nSPS) is 17.6. The van der Waals surface area contributed by atoms with Crippen LogP contribution in [-0.4, -0.2) is 51.3 Å². The van der Waals surface area contributed by atoms with Gasteiger partial charge in [-0.2, -0.15) is 5.10 Å². The van der Waals surface area contributed by atoms with Crippen LogP contribution in [0.15, 0.2) is 36.5 Å². The number of aromatic amines is 2. The SMILES string of the molecule is C1=C(c2ccc3[nH]nc(-c4cc5c(N6CCCCC6)ccnc5[nH]4)c3n2)CCNC1. The van der Waals surface area contributed by atoms with Crippen molar-refractivity contribution in [3.63, 3.8) is 0 Å². The quantitative estimate of drug-likeness (QED) is 0.487. The summed E-state index contributed by atoms with van der Waals surface area (Å²) < 4.78 is 0. The number of hydrogen-bond donors (Lipinski definition) is 3. The first kappa shape index (κ1) is 17.7. The van der Waals surface area contributed by atoms with Crippen LogP contribution >= 0.6 is 0 Å². The molecule has 2 aliphatic heterocycles. The fourth-order valence-corrected chi connectivity index (χ4v) is 4.67. The third-order valence-electron chi connectivity index (χ3n) is 6.26. The molecule has 7 nitrogen and oxygen atoms in total. The Morgan fingerprint density at radius 1 is 1.03 bits per heavy atom. The molecule has 0 bridgehead atoms. The molecule has 0 aliphatic carbocycles. The molecule has 1 fully saturated rings. The van der Waals surface area contributed by atoms with Gasteiger partial charge >= 0.3 is 0 Å². The molecule has 0 radical (unpaired) electrons. The fraction of sp³-hybridized carbons (Fsp3) is 0.348. The predicted molar refractivity (Wildman–Crippen MR) is 121 cm³/mol. The summed E-state index contributed by atoms with van der Waals surface area (Å²) in [7, 11) is 0. The maximum absolute atomic E-state index is 4.98. The van der Waals surface area contributed by atoms with Crippen molar-refractivity contribution in [3.05, 3.63) is 42.2 Å². The lowest BCUT2D eigenvalue weighted by Crippen LogP contribution is -2.29. The van der Waals surface area contributed by atoms with E-state index in [-0.39, 0.29) is 0 Å². The summed E-state index contributed by atoms with van der Waals surface area (Å²) in [6.45, 7) is 4.12. The van der Waals surface area contributed by atoms with Gasteiger partial charge < -0.3 is 15.2 Å². The molecule has 0 aromatic carbocycles. The lowest BCUT2D eigenvalue weighted by Gasteiger charge is -2.29. The molecule has 2 aliphatic rings. The van der Waals surface area contributed by atoms with Crippen molar-refractivity contribution in [1.82, 2.24) is 30.5 Å². The van der Waals surface area contributed by atoms with Crippen LogP contribution in [0, 0.1) is 0 Å². The number of pyridine rings is 2. The smallest absolute Gasteiger partial charge is 0.139 e. The molecule has 0 spiro atoms. The van der Waals surface area contributed by atoms with Gasteiger partial charge in [-0.25, -0.2) is 9.97 Å². The summed E-state index contributed by atoms with van der Waals surface area (Å²) in [6, 6.07) is 8.48. The van der Waals surface area contributed by atoms with E-state index in [4.69, 9.17) is 4.98 Å². The molecular weight excluding hydrogens is 374 g/mol. The van der Waals surface area contributed by atoms with Crippen LogP contribution in [0.25, 0.3) is 39.0 Å². The number of nitrogens with one attached hydrogen (secondary N) is 3. The predicted octanol–water partition coefficient (Wildman–Crippen LogP) is 3.87. The number of aromatic nitrogens is 5. The highest BCUT2D eigenvalue weighted by molar-refractivity contribution is 5.97. The van der Waals surface area contributed by atoms with Crippen LogP contribution in [0.1, 0.15) is 31.4 Å². The van der Waals surface area contributed by atoms with Crippen molar-refractivity contribution in [2.75, 3.05) is 31.1 Å². The summed E-state index contributed by atoms with van der Waals surface area (Å²) in [6.07, 6.45) is 8.96. The monoisotopic (exact) mass is 399 g/mol. The molecule has 0 unspecified atom stereocenters. The number of H-pyrrole nitrogens is 2. The second-order valence-electron chi connectivity index (χ2n) is 8.17. The minimum Gasteiger partial charge on any atom is -0.371 e. The Bertz CT molecular complexity index is 1240. The first-order valence-electron chi connectivity index (χ1n) is 10.8. The average molecular weight is 400 g/mol. The molecular formula is C23H25N7. The maximum atomic E-state index is 4.98. The van der Waals surface area contributed by atoms with Gasteiger partial charge in [-0.15, -0.1) is 0 Å². The molecule has 6 heterocycles. The van der Waals surface area contributed by atoms with Gasteiger partial charge in [0.1, 0.15) is 16.9 Å². The molecule has 4 aromatic heterocycles. The maximum Gasteiger partial charge on any atom is 0.139 e. The third-order valence-corrected chi connectivity index (χ3v) is 6.26. The number of nitrogens with zero attached hydrogens (tertiary/aromatic N) is 4. The van der Waals surface area contributed by atoms with Crippen LogP contribution in [0.2, 0.25) is 0 Å². The Labute approximate surface area is 174 Å². The van der Waals surface area contributed by atoms with Crippen molar-refractivity contribution in [2.45, 2.75) is 25.7 Å². The van der Waals surface area contributed by atoms with E-state index in [1.165, 1.54) is 30.5 Å². The van der Waals surface area contributed by atoms with E-state index in [0.29, 0.717) is 0 Å². The van der Waals surface area contributed by atoms with Crippen molar-refractivity contribution in [2.24, 2.45) is 0 Å². The van der Waals surface area contributed by atoms with Crippen molar-refractivity contribution in [3.8, 4) is 11.4 Å². The molecule has 152 valence electrons. The highest BCUT2D eigenvalue weighted by Crippen LogP contribution is 2.33. The molecule has 0 amide bonds. The topological polar surface area (TPSA) is 85.5 Å². The number of anilines is 1. The molecule has 0 saturated carbocycles. The van der Waals surface area contributed by atoms with E-state index in [1.54, 1.807) is 0 Å². The lowest BCUT2D eigenvalue weighted by atomic mass is 10.0. The molecule has 30 heavy (non-hydrogen) atoms. The van der Waals surface area contributed by atoms with E-state index in [1.807, 2.05) is 6.20 Å². The van der Waals surface area contributed by atoms with Gasteiger partial charge in [0.05, 0.1) is 16.9 Å².